The first-order valence-corrected chi connectivity index (χ1v) is 9.86. The lowest BCUT2D eigenvalue weighted by atomic mass is 10.1. The molecule has 0 N–H and O–H groups in total. The number of alkyl halides is 4. The molecule has 0 saturated heterocycles. The maximum atomic E-state index is 11.9. The second kappa shape index (κ2) is 15.3. The van der Waals surface area contributed by atoms with E-state index in [0.29, 0.717) is 19.4 Å². The summed E-state index contributed by atoms with van der Waals surface area (Å²) in [6.07, 6.45) is 5.62. The number of hydrogen-bond acceptors (Lipinski definition) is 2. The standard InChI is InChI=1S/C17H30BrF3O2/c18-14-10-7-8-12-16(22)23-15-11-6-4-2-1-3-5-9-13-17(19,20)21/h1-15H2. The van der Waals surface area contributed by atoms with Gasteiger partial charge in [-0.2, -0.15) is 13.2 Å². The molecule has 0 aliphatic heterocycles. The number of hydrogen-bond donors (Lipinski definition) is 0. The van der Waals surface area contributed by atoms with Crippen LogP contribution in [0.15, 0.2) is 0 Å². The van der Waals surface area contributed by atoms with Gasteiger partial charge in [0.15, 0.2) is 0 Å². The molecule has 0 aromatic rings. The van der Waals surface area contributed by atoms with Crippen LogP contribution in [0.1, 0.15) is 83.5 Å². The van der Waals surface area contributed by atoms with Gasteiger partial charge >= 0.3 is 12.1 Å². The van der Waals surface area contributed by atoms with Crippen LogP contribution in [0.2, 0.25) is 0 Å². The summed E-state index contributed by atoms with van der Waals surface area (Å²) < 4.78 is 40.9. The number of carbonyl (C=O) groups excluding carboxylic acids is 1. The molecule has 0 rings (SSSR count). The van der Waals surface area contributed by atoms with Crippen LogP contribution in [-0.2, 0) is 9.53 Å². The average Bonchev–Trinajstić information content (AvgIpc) is 2.48. The highest BCUT2D eigenvalue weighted by Gasteiger charge is 2.25. The number of halogens is 4. The zero-order valence-corrected chi connectivity index (χ0v) is 15.5. The second-order valence-corrected chi connectivity index (χ2v) is 6.71. The van der Waals surface area contributed by atoms with Crippen molar-refractivity contribution in [1.82, 2.24) is 0 Å². The van der Waals surface area contributed by atoms with Gasteiger partial charge < -0.3 is 4.74 Å². The first-order chi connectivity index (χ1) is 11.0. The molecule has 0 aliphatic rings. The molecule has 0 atom stereocenters. The summed E-state index contributed by atoms with van der Waals surface area (Å²) in [5, 5.41) is 0.977. The quantitative estimate of drug-likeness (QED) is 0.176. The van der Waals surface area contributed by atoms with Crippen molar-refractivity contribution in [3.63, 3.8) is 0 Å². The predicted molar refractivity (Wildman–Crippen MR) is 90.8 cm³/mol. The molecule has 0 amide bonds. The highest BCUT2D eigenvalue weighted by Crippen LogP contribution is 2.23. The van der Waals surface area contributed by atoms with Crippen molar-refractivity contribution in [1.29, 1.82) is 0 Å². The monoisotopic (exact) mass is 402 g/mol. The lowest BCUT2D eigenvalue weighted by Crippen LogP contribution is -2.06. The zero-order valence-electron chi connectivity index (χ0n) is 13.9. The fourth-order valence-electron chi connectivity index (χ4n) is 2.29. The molecule has 0 spiro atoms. The molecule has 0 unspecified atom stereocenters. The number of ether oxygens (including phenoxy) is 1. The molecule has 0 radical (unpaired) electrons. The highest BCUT2D eigenvalue weighted by molar-refractivity contribution is 9.09. The lowest BCUT2D eigenvalue weighted by molar-refractivity contribution is -0.144. The fraction of sp³-hybridized carbons (Fsp3) is 0.941. The minimum Gasteiger partial charge on any atom is -0.466 e. The van der Waals surface area contributed by atoms with Gasteiger partial charge in [-0.3, -0.25) is 4.79 Å². The minimum absolute atomic E-state index is 0.107. The van der Waals surface area contributed by atoms with Crippen LogP contribution in [0, 0.1) is 0 Å². The van der Waals surface area contributed by atoms with Gasteiger partial charge in [-0.15, -0.1) is 0 Å². The van der Waals surface area contributed by atoms with Crippen LogP contribution in [0.25, 0.3) is 0 Å². The molecule has 0 aromatic heterocycles. The summed E-state index contributed by atoms with van der Waals surface area (Å²) >= 11 is 3.35. The number of esters is 1. The van der Waals surface area contributed by atoms with Gasteiger partial charge in [0.1, 0.15) is 0 Å². The molecule has 0 fully saturated rings. The Morgan fingerprint density at radius 1 is 0.783 bits per heavy atom. The zero-order chi connectivity index (χ0) is 17.4. The maximum Gasteiger partial charge on any atom is 0.389 e. The van der Waals surface area contributed by atoms with Crippen LogP contribution >= 0.6 is 15.9 Å². The molecule has 0 heterocycles. The third-order valence-corrected chi connectivity index (χ3v) is 4.19. The third kappa shape index (κ3) is 19.7. The smallest absolute Gasteiger partial charge is 0.389 e. The van der Waals surface area contributed by atoms with Gasteiger partial charge in [-0.1, -0.05) is 60.9 Å². The van der Waals surface area contributed by atoms with Crippen molar-refractivity contribution in [2.45, 2.75) is 89.6 Å². The minimum atomic E-state index is -4.01. The van der Waals surface area contributed by atoms with Gasteiger partial charge in [0.2, 0.25) is 0 Å². The molecule has 0 aliphatic carbocycles. The van der Waals surface area contributed by atoms with Crippen molar-refractivity contribution in [2.24, 2.45) is 0 Å². The molecule has 0 aromatic carbocycles. The van der Waals surface area contributed by atoms with Crippen LogP contribution < -0.4 is 0 Å². The highest BCUT2D eigenvalue weighted by atomic mass is 79.9. The average molecular weight is 403 g/mol. The molecular formula is C17H30BrF3O2. The van der Waals surface area contributed by atoms with Crippen LogP contribution in [0.3, 0.4) is 0 Å². The Morgan fingerprint density at radius 2 is 1.30 bits per heavy atom. The largest absolute Gasteiger partial charge is 0.466 e. The van der Waals surface area contributed by atoms with E-state index in [1.165, 1.54) is 0 Å². The summed E-state index contributed by atoms with van der Waals surface area (Å²) in [6, 6.07) is 0. The summed E-state index contributed by atoms with van der Waals surface area (Å²) in [5.74, 6) is -0.107. The van der Waals surface area contributed by atoms with E-state index in [1.54, 1.807) is 0 Å². The summed E-state index contributed by atoms with van der Waals surface area (Å²) in [7, 11) is 0. The Hall–Kier alpha value is -0.260. The Morgan fingerprint density at radius 3 is 1.87 bits per heavy atom. The van der Waals surface area contributed by atoms with Gasteiger partial charge in [0, 0.05) is 18.2 Å². The molecule has 2 nitrogen and oxygen atoms in total. The van der Waals surface area contributed by atoms with Crippen molar-refractivity contribution in [2.75, 3.05) is 11.9 Å². The SMILES string of the molecule is O=C(CCCCCBr)OCCCCCCCCCCC(F)(F)F. The first-order valence-electron chi connectivity index (χ1n) is 8.74. The Labute approximate surface area is 146 Å². The Balaban J connectivity index is 3.17. The van der Waals surface area contributed by atoms with Crippen LogP contribution in [0.5, 0.6) is 0 Å². The van der Waals surface area contributed by atoms with Crippen LogP contribution in [-0.4, -0.2) is 24.1 Å². The number of unbranched alkanes of at least 4 members (excludes halogenated alkanes) is 9. The topological polar surface area (TPSA) is 26.3 Å². The van der Waals surface area contributed by atoms with E-state index in [4.69, 9.17) is 4.74 Å². The van der Waals surface area contributed by atoms with E-state index >= 15 is 0 Å². The van der Waals surface area contributed by atoms with E-state index in [2.05, 4.69) is 15.9 Å². The van der Waals surface area contributed by atoms with E-state index in [1.807, 2.05) is 0 Å². The van der Waals surface area contributed by atoms with Crippen molar-refractivity contribution < 1.29 is 22.7 Å². The lowest BCUT2D eigenvalue weighted by Gasteiger charge is -2.06. The molecule has 23 heavy (non-hydrogen) atoms. The van der Waals surface area contributed by atoms with Gasteiger partial charge in [-0.05, 0) is 25.7 Å². The van der Waals surface area contributed by atoms with E-state index in [0.717, 1.165) is 63.1 Å². The number of rotatable bonds is 15. The Bertz CT molecular complexity index is 284. The van der Waals surface area contributed by atoms with Crippen molar-refractivity contribution in [3.8, 4) is 0 Å². The number of carbonyl (C=O) groups is 1. The van der Waals surface area contributed by atoms with Gasteiger partial charge in [-0.25, -0.2) is 0 Å². The predicted octanol–water partition coefficient (Wildman–Crippen LogP) is 6.56. The Kier molecular flexibility index (Phi) is 15.1. The van der Waals surface area contributed by atoms with Crippen LogP contribution in [0.4, 0.5) is 13.2 Å². The fourth-order valence-corrected chi connectivity index (χ4v) is 2.68. The van der Waals surface area contributed by atoms with Crippen molar-refractivity contribution >= 4 is 21.9 Å². The van der Waals surface area contributed by atoms with E-state index < -0.39 is 12.6 Å². The molecule has 6 heteroatoms. The van der Waals surface area contributed by atoms with Gasteiger partial charge in [0.25, 0.3) is 0 Å². The summed E-state index contributed by atoms with van der Waals surface area (Å²) in [6.45, 7) is 0.489. The summed E-state index contributed by atoms with van der Waals surface area (Å²) in [4.78, 5) is 11.4. The molecule has 0 bridgehead atoms. The third-order valence-electron chi connectivity index (χ3n) is 3.63. The van der Waals surface area contributed by atoms with E-state index in [-0.39, 0.29) is 12.4 Å². The molecule has 138 valence electrons. The van der Waals surface area contributed by atoms with E-state index in [9.17, 15) is 18.0 Å². The molecule has 0 saturated carbocycles. The van der Waals surface area contributed by atoms with Crippen molar-refractivity contribution in [3.05, 3.63) is 0 Å². The second-order valence-electron chi connectivity index (χ2n) is 5.91. The normalized spacial score (nSPS) is 11.7. The summed E-state index contributed by atoms with van der Waals surface area (Å²) in [5.41, 5.74) is 0. The first kappa shape index (κ1) is 22.7. The maximum absolute atomic E-state index is 11.9. The molecular weight excluding hydrogens is 373 g/mol. The van der Waals surface area contributed by atoms with Gasteiger partial charge in [0.05, 0.1) is 6.61 Å².